The van der Waals surface area contributed by atoms with Gasteiger partial charge in [-0.2, -0.15) is 0 Å². The number of hydrogen-bond acceptors (Lipinski definition) is 2. The van der Waals surface area contributed by atoms with Crippen LogP contribution in [0.25, 0.3) is 0 Å². The van der Waals surface area contributed by atoms with E-state index in [9.17, 15) is 9.90 Å². The number of anilines is 2. The van der Waals surface area contributed by atoms with Crippen LogP contribution in [0.2, 0.25) is 0 Å². The van der Waals surface area contributed by atoms with Crippen molar-refractivity contribution in [2.45, 2.75) is 44.9 Å². The van der Waals surface area contributed by atoms with Gasteiger partial charge in [-0.05, 0) is 66.9 Å². The summed E-state index contributed by atoms with van der Waals surface area (Å²) in [6.07, 6.45) is 2.33. The van der Waals surface area contributed by atoms with E-state index < -0.39 is 11.8 Å². The van der Waals surface area contributed by atoms with Crippen molar-refractivity contribution in [2.75, 3.05) is 9.80 Å². The molecule has 0 spiro atoms. The van der Waals surface area contributed by atoms with Crippen LogP contribution in [0.1, 0.15) is 37.8 Å². The second-order valence-corrected chi connectivity index (χ2v) is 9.86. The van der Waals surface area contributed by atoms with Crippen LogP contribution in [-0.4, -0.2) is 17.2 Å². The van der Waals surface area contributed by atoms with Crippen molar-refractivity contribution >= 4 is 49.3 Å². The fourth-order valence-corrected chi connectivity index (χ4v) is 4.98. The summed E-state index contributed by atoms with van der Waals surface area (Å²) >= 11 is 6.95. The van der Waals surface area contributed by atoms with Crippen LogP contribution in [0, 0.1) is 0 Å². The fraction of sp³-hybridized carbons (Fsp3) is 0.269. The van der Waals surface area contributed by atoms with Gasteiger partial charge in [0.05, 0.1) is 6.04 Å². The van der Waals surface area contributed by atoms with Crippen molar-refractivity contribution in [2.24, 2.45) is 0 Å². The van der Waals surface area contributed by atoms with E-state index in [0.29, 0.717) is 12.1 Å². The van der Waals surface area contributed by atoms with Gasteiger partial charge in [0, 0.05) is 25.9 Å². The van der Waals surface area contributed by atoms with E-state index in [2.05, 4.69) is 51.8 Å². The summed E-state index contributed by atoms with van der Waals surface area (Å²) in [5, 5.41) is 12.5. The molecule has 1 unspecified atom stereocenters. The number of benzene rings is 3. The predicted molar refractivity (Wildman–Crippen MR) is 137 cm³/mol. The fourth-order valence-electron chi connectivity index (χ4n) is 4.45. The number of hydrogen-bond donors (Lipinski definition) is 1. The number of urea groups is 1. The first kappa shape index (κ1) is 23.0. The Morgan fingerprint density at radius 3 is 2.06 bits per heavy atom. The molecule has 0 bridgehead atoms. The number of amides is 2. The van der Waals surface area contributed by atoms with Crippen LogP contribution in [0.15, 0.2) is 81.7 Å². The van der Waals surface area contributed by atoms with Crippen LogP contribution < -0.4 is 9.80 Å². The number of halogens is 2. The minimum absolute atomic E-state index is 0.238. The number of nitrogens with zero attached hydrogens (tertiary/aromatic N) is 2. The van der Waals surface area contributed by atoms with Crippen LogP contribution in [0.3, 0.4) is 0 Å². The van der Waals surface area contributed by atoms with Crippen molar-refractivity contribution < 1.29 is 9.90 Å². The molecule has 0 aromatic heterocycles. The molecule has 1 saturated heterocycles. The maximum Gasteiger partial charge on any atom is 0.332 e. The van der Waals surface area contributed by atoms with Gasteiger partial charge >= 0.3 is 6.03 Å². The molecule has 2 amide bonds. The number of aliphatic hydroxyl groups is 1. The minimum atomic E-state index is -1.51. The van der Waals surface area contributed by atoms with Crippen LogP contribution >= 0.6 is 31.9 Å². The third kappa shape index (κ3) is 4.00. The van der Waals surface area contributed by atoms with E-state index in [1.54, 1.807) is 9.80 Å². The monoisotopic (exact) mass is 556 g/mol. The topological polar surface area (TPSA) is 43.8 Å². The van der Waals surface area contributed by atoms with Crippen molar-refractivity contribution in [1.29, 1.82) is 0 Å². The summed E-state index contributed by atoms with van der Waals surface area (Å²) in [5.74, 6) is 0. The molecule has 3 aromatic carbocycles. The first-order valence-corrected chi connectivity index (χ1v) is 12.4. The summed E-state index contributed by atoms with van der Waals surface area (Å²) in [7, 11) is 0. The van der Waals surface area contributed by atoms with Gasteiger partial charge in [-0.25, -0.2) is 4.79 Å². The molecule has 166 valence electrons. The summed E-state index contributed by atoms with van der Waals surface area (Å²) < 4.78 is 1.86. The molecule has 6 heteroatoms. The van der Waals surface area contributed by atoms with E-state index in [-0.39, 0.29) is 6.03 Å². The summed E-state index contributed by atoms with van der Waals surface area (Å²) in [6, 6.07) is 22.5. The third-order valence-corrected chi connectivity index (χ3v) is 7.08. The predicted octanol–water partition coefficient (Wildman–Crippen LogP) is 7.23. The van der Waals surface area contributed by atoms with Crippen molar-refractivity contribution in [3.05, 3.63) is 92.9 Å². The number of rotatable bonds is 6. The Morgan fingerprint density at radius 2 is 1.50 bits per heavy atom. The lowest BCUT2D eigenvalue weighted by atomic mass is 9.89. The van der Waals surface area contributed by atoms with E-state index in [1.807, 2.05) is 66.7 Å². The number of carbonyl (C=O) groups excluding carboxylic acids is 1. The van der Waals surface area contributed by atoms with Gasteiger partial charge in [0.15, 0.2) is 5.72 Å². The lowest BCUT2D eigenvalue weighted by Crippen LogP contribution is -2.49. The van der Waals surface area contributed by atoms with Crippen LogP contribution in [-0.2, 0) is 12.1 Å². The molecule has 32 heavy (non-hydrogen) atoms. The average Bonchev–Trinajstić information content (AvgIpc) is 3.03. The highest BCUT2D eigenvalue weighted by Crippen LogP contribution is 2.46. The molecular formula is C26H26Br2N2O2. The smallest absolute Gasteiger partial charge is 0.332 e. The molecule has 1 fully saturated rings. The summed E-state index contributed by atoms with van der Waals surface area (Å²) in [5.41, 5.74) is 1.76. The molecule has 4 rings (SSSR count). The van der Waals surface area contributed by atoms with E-state index in [4.69, 9.17) is 0 Å². The van der Waals surface area contributed by atoms with Crippen LogP contribution in [0.5, 0.6) is 0 Å². The lowest BCUT2D eigenvalue weighted by Gasteiger charge is -2.37. The molecule has 1 aliphatic heterocycles. The quantitative estimate of drug-likeness (QED) is 0.347. The van der Waals surface area contributed by atoms with Gasteiger partial charge in [-0.1, -0.05) is 76.4 Å². The Labute approximate surface area is 206 Å². The zero-order chi connectivity index (χ0) is 22.9. The average molecular weight is 558 g/mol. The number of carbonyl (C=O) groups is 1. The largest absolute Gasteiger partial charge is 0.365 e. The second kappa shape index (κ2) is 9.38. The molecule has 0 aliphatic carbocycles. The third-order valence-electron chi connectivity index (χ3n) is 6.03. The molecular weight excluding hydrogens is 532 g/mol. The highest BCUT2D eigenvalue weighted by Gasteiger charge is 2.58. The van der Waals surface area contributed by atoms with Crippen molar-refractivity contribution in [3.8, 4) is 0 Å². The van der Waals surface area contributed by atoms with Crippen molar-refractivity contribution in [3.63, 3.8) is 0 Å². The van der Waals surface area contributed by atoms with Gasteiger partial charge < -0.3 is 5.11 Å². The molecule has 1 heterocycles. The highest BCUT2D eigenvalue weighted by molar-refractivity contribution is 9.10. The molecule has 0 saturated carbocycles. The van der Waals surface area contributed by atoms with Gasteiger partial charge in [-0.3, -0.25) is 9.80 Å². The minimum Gasteiger partial charge on any atom is -0.365 e. The Balaban J connectivity index is 1.94. The van der Waals surface area contributed by atoms with Crippen LogP contribution in [0.4, 0.5) is 16.2 Å². The lowest BCUT2D eigenvalue weighted by molar-refractivity contribution is 0.0289. The van der Waals surface area contributed by atoms with Crippen molar-refractivity contribution in [1.82, 2.24) is 0 Å². The normalized spacial score (nSPS) is 20.8. The molecule has 4 nitrogen and oxygen atoms in total. The molecule has 1 N–H and O–H groups in total. The van der Waals surface area contributed by atoms with Gasteiger partial charge in [0.25, 0.3) is 0 Å². The van der Waals surface area contributed by atoms with E-state index >= 15 is 0 Å². The summed E-state index contributed by atoms with van der Waals surface area (Å²) in [4.78, 5) is 17.3. The first-order valence-electron chi connectivity index (χ1n) is 10.9. The Kier molecular flexibility index (Phi) is 6.75. The Bertz CT molecular complexity index is 1100. The zero-order valence-corrected chi connectivity index (χ0v) is 21.3. The summed E-state index contributed by atoms with van der Waals surface area (Å²) in [6.45, 7) is 4.17. The van der Waals surface area contributed by atoms with Gasteiger partial charge in [0.1, 0.15) is 0 Å². The molecule has 2 atom stereocenters. The van der Waals surface area contributed by atoms with E-state index in [1.165, 1.54) is 0 Å². The molecule has 0 radical (unpaired) electrons. The van der Waals surface area contributed by atoms with E-state index in [0.717, 1.165) is 38.6 Å². The Hall–Kier alpha value is -2.15. The molecule has 1 aliphatic rings. The SMILES string of the molecule is CCC[C@@H]1N(c2ccc(Br)cc2)C(=O)N(c2ccc(Br)cc2)C1(O)c1cccc(CC)c1. The second-order valence-electron chi connectivity index (χ2n) is 8.03. The highest BCUT2D eigenvalue weighted by atomic mass is 79.9. The standard InChI is InChI=1S/C26H26Br2N2O2/c1-3-6-24-26(32,19-8-5-7-18(4-2)17-19)30(23-15-11-21(28)12-16-23)25(31)29(24)22-13-9-20(27)10-14-22/h5,7-17,24,32H,3-4,6H2,1-2H3/t24-,26?/m0/s1. The zero-order valence-electron chi connectivity index (χ0n) is 18.1. The molecule has 3 aromatic rings. The van der Waals surface area contributed by atoms with Gasteiger partial charge in [0.2, 0.25) is 0 Å². The first-order chi connectivity index (χ1) is 15.4. The maximum absolute atomic E-state index is 14.0. The Morgan fingerprint density at radius 1 is 0.906 bits per heavy atom. The van der Waals surface area contributed by atoms with Gasteiger partial charge in [-0.15, -0.1) is 0 Å². The maximum atomic E-state index is 14.0. The number of aryl methyl sites for hydroxylation is 1.